The number of carbonyl (C=O) groups is 1. The number of nitrogens with two attached hydrogens (primary N) is 1. The van der Waals surface area contributed by atoms with Gasteiger partial charge in [-0.3, -0.25) is 4.79 Å². The molecule has 0 fully saturated rings. The average Bonchev–Trinajstić information content (AvgIpc) is 2.44. The highest BCUT2D eigenvalue weighted by atomic mass is 16.1. The number of nitrogens with one attached hydrogen (secondary N) is 1. The van der Waals surface area contributed by atoms with Gasteiger partial charge in [-0.1, -0.05) is 18.2 Å². The molecule has 1 unspecified atom stereocenters. The zero-order chi connectivity index (χ0) is 14.8. The average molecular weight is 274 g/mol. The lowest BCUT2D eigenvalue weighted by molar-refractivity contribution is -0.125. The number of primary amides is 1. The molecule has 1 aliphatic rings. The molecule has 2 rings (SSSR count). The molecule has 110 valence electrons. The second-order valence-electron chi connectivity index (χ2n) is 6.59. The number of rotatable bonds is 5. The minimum absolute atomic E-state index is 0.237. The maximum absolute atomic E-state index is 11.3. The smallest absolute Gasteiger partial charge is 0.224 e. The number of hydrogen-bond donors (Lipinski definition) is 2. The minimum Gasteiger partial charge on any atom is -0.369 e. The summed E-state index contributed by atoms with van der Waals surface area (Å²) < 4.78 is 0. The predicted octanol–water partition coefficient (Wildman–Crippen LogP) is 2.73. The third-order valence-electron chi connectivity index (χ3n) is 4.39. The topological polar surface area (TPSA) is 55.1 Å². The number of fused-ring (bicyclic) bond motifs is 1. The summed E-state index contributed by atoms with van der Waals surface area (Å²) in [4.78, 5) is 11.3. The van der Waals surface area contributed by atoms with Crippen LogP contribution in [0.4, 0.5) is 0 Å². The van der Waals surface area contributed by atoms with Gasteiger partial charge in [0, 0.05) is 12.6 Å². The number of aryl methyl sites for hydroxylation is 2. The van der Waals surface area contributed by atoms with Crippen molar-refractivity contribution in [2.75, 3.05) is 6.54 Å². The number of carbonyl (C=O) groups excluding carboxylic acids is 1. The van der Waals surface area contributed by atoms with Crippen molar-refractivity contribution < 1.29 is 4.79 Å². The van der Waals surface area contributed by atoms with E-state index < -0.39 is 5.41 Å². The van der Waals surface area contributed by atoms with Gasteiger partial charge in [-0.25, -0.2) is 0 Å². The van der Waals surface area contributed by atoms with Crippen LogP contribution in [0.5, 0.6) is 0 Å². The van der Waals surface area contributed by atoms with E-state index in [1.807, 2.05) is 13.8 Å². The van der Waals surface area contributed by atoms with Crippen LogP contribution in [0, 0.1) is 5.41 Å². The molecule has 1 amide bonds. The highest BCUT2D eigenvalue weighted by Crippen LogP contribution is 2.25. The van der Waals surface area contributed by atoms with Gasteiger partial charge < -0.3 is 11.1 Å². The van der Waals surface area contributed by atoms with Gasteiger partial charge >= 0.3 is 0 Å². The highest BCUT2D eigenvalue weighted by molar-refractivity contribution is 5.80. The van der Waals surface area contributed by atoms with Crippen LogP contribution >= 0.6 is 0 Å². The van der Waals surface area contributed by atoms with E-state index in [1.54, 1.807) is 0 Å². The summed E-state index contributed by atoms with van der Waals surface area (Å²) in [6.07, 6.45) is 5.02. The lowest BCUT2D eigenvalue weighted by atomic mass is 9.88. The van der Waals surface area contributed by atoms with Gasteiger partial charge in [-0.15, -0.1) is 0 Å². The molecule has 3 N–H and O–H groups in total. The Hall–Kier alpha value is -1.35. The van der Waals surface area contributed by atoms with Crippen LogP contribution in [0.2, 0.25) is 0 Å². The van der Waals surface area contributed by atoms with Crippen LogP contribution in [-0.2, 0) is 17.6 Å². The molecule has 0 bridgehead atoms. The number of hydrogen-bond acceptors (Lipinski definition) is 2. The van der Waals surface area contributed by atoms with Gasteiger partial charge in [0.15, 0.2) is 0 Å². The minimum atomic E-state index is -0.511. The summed E-state index contributed by atoms with van der Waals surface area (Å²) in [5.74, 6) is -0.261. The molecule has 0 aliphatic heterocycles. The monoisotopic (exact) mass is 274 g/mol. The SMILES string of the molecule is CC(NCC(C)(C)C(N)=O)c1ccc2c(c1)CCCC2. The molecule has 20 heavy (non-hydrogen) atoms. The van der Waals surface area contributed by atoms with Crippen LogP contribution < -0.4 is 11.1 Å². The Kier molecular flexibility index (Phi) is 4.48. The van der Waals surface area contributed by atoms with Gasteiger partial charge in [0.05, 0.1) is 5.41 Å². The van der Waals surface area contributed by atoms with E-state index in [0.717, 1.165) is 0 Å². The summed E-state index contributed by atoms with van der Waals surface area (Å²) in [5, 5.41) is 3.43. The Bertz CT molecular complexity index is 494. The molecule has 0 radical (unpaired) electrons. The second kappa shape index (κ2) is 5.96. The van der Waals surface area contributed by atoms with Crippen molar-refractivity contribution in [3.05, 3.63) is 34.9 Å². The van der Waals surface area contributed by atoms with Crippen molar-refractivity contribution in [2.45, 2.75) is 52.5 Å². The summed E-state index contributed by atoms with van der Waals surface area (Å²) in [7, 11) is 0. The van der Waals surface area contributed by atoms with E-state index in [2.05, 4.69) is 30.4 Å². The molecular formula is C17H26N2O. The molecule has 1 atom stereocenters. The molecule has 0 spiro atoms. The van der Waals surface area contributed by atoms with Crippen LogP contribution in [-0.4, -0.2) is 12.5 Å². The van der Waals surface area contributed by atoms with Crippen molar-refractivity contribution in [3.63, 3.8) is 0 Å². The normalized spacial score (nSPS) is 16.6. The van der Waals surface area contributed by atoms with Crippen molar-refractivity contribution >= 4 is 5.91 Å². The van der Waals surface area contributed by atoms with Crippen LogP contribution in [0.15, 0.2) is 18.2 Å². The maximum atomic E-state index is 11.3. The third kappa shape index (κ3) is 3.40. The van der Waals surface area contributed by atoms with Crippen molar-refractivity contribution in [1.82, 2.24) is 5.32 Å². The van der Waals surface area contributed by atoms with Crippen molar-refractivity contribution in [3.8, 4) is 0 Å². The van der Waals surface area contributed by atoms with Gasteiger partial charge in [0.2, 0.25) is 5.91 Å². The number of benzene rings is 1. The van der Waals surface area contributed by atoms with E-state index in [1.165, 1.54) is 42.4 Å². The predicted molar refractivity (Wildman–Crippen MR) is 82.5 cm³/mol. The molecule has 1 aromatic carbocycles. The van der Waals surface area contributed by atoms with E-state index in [-0.39, 0.29) is 11.9 Å². The Morgan fingerprint density at radius 2 is 1.95 bits per heavy atom. The van der Waals surface area contributed by atoms with Crippen LogP contribution in [0.1, 0.15) is 56.3 Å². The first-order chi connectivity index (χ1) is 9.40. The Labute approximate surface area is 121 Å². The quantitative estimate of drug-likeness (QED) is 0.867. The van der Waals surface area contributed by atoms with E-state index in [4.69, 9.17) is 5.73 Å². The molecule has 0 aromatic heterocycles. The molecule has 0 saturated heterocycles. The zero-order valence-corrected chi connectivity index (χ0v) is 12.8. The standard InChI is InChI=1S/C17H26N2O/c1-12(19-11-17(2,3)16(18)20)14-9-8-13-6-4-5-7-15(13)10-14/h8-10,12,19H,4-7,11H2,1-3H3,(H2,18,20). The van der Waals surface area contributed by atoms with E-state index in [9.17, 15) is 4.79 Å². The molecule has 1 aromatic rings. The molecule has 3 heteroatoms. The molecule has 3 nitrogen and oxygen atoms in total. The Morgan fingerprint density at radius 1 is 1.30 bits per heavy atom. The maximum Gasteiger partial charge on any atom is 0.224 e. The molecular weight excluding hydrogens is 248 g/mol. The van der Waals surface area contributed by atoms with Gasteiger partial charge in [-0.05, 0) is 63.1 Å². The van der Waals surface area contributed by atoms with Crippen molar-refractivity contribution in [1.29, 1.82) is 0 Å². The fraction of sp³-hybridized carbons (Fsp3) is 0.588. The first-order valence-electron chi connectivity index (χ1n) is 7.55. The third-order valence-corrected chi connectivity index (χ3v) is 4.39. The molecule has 1 aliphatic carbocycles. The van der Waals surface area contributed by atoms with Crippen LogP contribution in [0.3, 0.4) is 0 Å². The summed E-state index contributed by atoms with van der Waals surface area (Å²) in [6.45, 7) is 6.49. The first-order valence-corrected chi connectivity index (χ1v) is 7.55. The first kappa shape index (κ1) is 15.0. The van der Waals surface area contributed by atoms with E-state index >= 15 is 0 Å². The lowest BCUT2D eigenvalue weighted by Gasteiger charge is -2.25. The molecule has 0 saturated carbocycles. The summed E-state index contributed by atoms with van der Waals surface area (Å²) in [5.41, 5.74) is 9.19. The van der Waals surface area contributed by atoms with Gasteiger partial charge in [0.1, 0.15) is 0 Å². The highest BCUT2D eigenvalue weighted by Gasteiger charge is 2.25. The van der Waals surface area contributed by atoms with Gasteiger partial charge in [0.25, 0.3) is 0 Å². The summed E-state index contributed by atoms with van der Waals surface area (Å²) >= 11 is 0. The fourth-order valence-electron chi connectivity index (χ4n) is 2.64. The Morgan fingerprint density at radius 3 is 2.60 bits per heavy atom. The largest absolute Gasteiger partial charge is 0.369 e. The second-order valence-corrected chi connectivity index (χ2v) is 6.59. The van der Waals surface area contributed by atoms with Crippen LogP contribution in [0.25, 0.3) is 0 Å². The van der Waals surface area contributed by atoms with Crippen molar-refractivity contribution in [2.24, 2.45) is 11.1 Å². The zero-order valence-electron chi connectivity index (χ0n) is 12.8. The van der Waals surface area contributed by atoms with Gasteiger partial charge in [-0.2, -0.15) is 0 Å². The fourth-order valence-corrected chi connectivity index (χ4v) is 2.64. The lowest BCUT2D eigenvalue weighted by Crippen LogP contribution is -2.41. The van der Waals surface area contributed by atoms with E-state index in [0.29, 0.717) is 6.54 Å². The molecule has 0 heterocycles. The summed E-state index contributed by atoms with van der Waals surface area (Å²) in [6, 6.07) is 7.03. The Balaban J connectivity index is 2.02. The number of amides is 1.